The summed E-state index contributed by atoms with van der Waals surface area (Å²) < 4.78 is 60.6. The number of ether oxygens (including phenoxy) is 3. The molecule has 16 nitrogen and oxygen atoms in total. The van der Waals surface area contributed by atoms with Crippen LogP contribution in [-0.4, -0.2) is 95.9 Å². The zero-order chi connectivity index (χ0) is 59.6. The van der Waals surface area contributed by atoms with Gasteiger partial charge in [0.25, 0.3) is 0 Å². The second-order valence-electron chi connectivity index (χ2n) is 20.5. The van der Waals surface area contributed by atoms with Gasteiger partial charge in [-0.1, -0.05) is 215 Å². The second-order valence-corrected chi connectivity index (χ2v) is 23.4. The molecule has 0 aliphatic heterocycles. The molecule has 0 heterocycles. The van der Waals surface area contributed by atoms with Crippen molar-refractivity contribution < 1.29 is 75.8 Å². The van der Waals surface area contributed by atoms with Crippen LogP contribution in [-0.2, 0) is 55.8 Å². The van der Waals surface area contributed by atoms with E-state index < -0.39 is 91.5 Å². The van der Waals surface area contributed by atoms with Crippen molar-refractivity contribution in [1.82, 2.24) is 0 Å². The van der Waals surface area contributed by atoms with Crippen LogP contribution in [0.1, 0.15) is 239 Å². The van der Waals surface area contributed by atoms with Gasteiger partial charge in [0.1, 0.15) is 25.4 Å². The number of phosphoric ester groups is 2. The van der Waals surface area contributed by atoms with Crippen LogP contribution in [0, 0.1) is 0 Å². The lowest BCUT2D eigenvalue weighted by molar-refractivity contribution is -0.161. The van der Waals surface area contributed by atoms with Crippen molar-refractivity contribution in [1.29, 1.82) is 0 Å². The van der Waals surface area contributed by atoms with Crippen molar-refractivity contribution in [3.63, 3.8) is 0 Å². The lowest BCUT2D eigenvalue weighted by Crippen LogP contribution is -2.30. The van der Waals surface area contributed by atoms with Crippen molar-refractivity contribution in [2.45, 2.75) is 257 Å². The smallest absolute Gasteiger partial charge is 0.463 e. The Labute approximate surface area is 489 Å². The maximum absolute atomic E-state index is 12.9. The van der Waals surface area contributed by atoms with Gasteiger partial charge in [-0.25, -0.2) is 9.13 Å². The van der Waals surface area contributed by atoms with E-state index in [-0.39, 0.29) is 19.3 Å². The summed E-state index contributed by atoms with van der Waals surface area (Å²) in [6.45, 7) is 2.38. The van der Waals surface area contributed by atoms with E-state index in [2.05, 4.69) is 106 Å². The van der Waals surface area contributed by atoms with Crippen molar-refractivity contribution in [2.24, 2.45) is 0 Å². The lowest BCUT2D eigenvalue weighted by Gasteiger charge is -2.21. The molecule has 468 valence electrons. The molecule has 5 atom stereocenters. The fraction of sp³-hybridized carbons (Fsp3) is 0.730. The topological polar surface area (TPSA) is 231 Å². The Morgan fingerprint density at radius 3 is 1.04 bits per heavy atom. The quantitative estimate of drug-likeness (QED) is 0.0146. The number of esters is 3. The van der Waals surface area contributed by atoms with Crippen molar-refractivity contribution in [2.75, 3.05) is 39.6 Å². The van der Waals surface area contributed by atoms with E-state index in [9.17, 15) is 43.5 Å². The van der Waals surface area contributed by atoms with E-state index in [4.69, 9.17) is 32.3 Å². The van der Waals surface area contributed by atoms with Crippen LogP contribution in [0.2, 0.25) is 0 Å². The van der Waals surface area contributed by atoms with Gasteiger partial charge in [-0.15, -0.1) is 0 Å². The summed E-state index contributed by atoms with van der Waals surface area (Å²) in [5, 5.41) is 20.5. The highest BCUT2D eigenvalue weighted by atomic mass is 31.2. The van der Waals surface area contributed by atoms with Crippen LogP contribution in [0.4, 0.5) is 0 Å². The molecule has 0 aliphatic rings. The number of allylic oxidation sites excluding steroid dienone is 14. The molecule has 4 N–H and O–H groups in total. The highest BCUT2D eigenvalue weighted by Crippen LogP contribution is 2.45. The summed E-state index contributed by atoms with van der Waals surface area (Å²) in [6, 6.07) is 0. The number of aliphatic hydroxyl groups is 2. The molecule has 0 spiro atoms. The number of carbonyl (C=O) groups excluding carboxylic acids is 3. The molecule has 0 saturated carbocycles. The van der Waals surface area contributed by atoms with Crippen molar-refractivity contribution in [3.8, 4) is 0 Å². The monoisotopic (exact) mass is 1180 g/mol. The standard InChI is InChI=1S/C63H110O16P2/c1-4-7-10-13-16-19-22-25-27-28-30-33-34-37-40-43-46-49-61(66)73-52-58(64)53-75-80(69,70)76-54-59(65)55-77-81(71,72)78-57-60(79-63(68)51-48-45-42-39-36-31-24-21-18-15-12-9-6-3)56-74-62(67)50-47-44-41-38-35-32-29-26-23-20-17-14-11-8-5-2/h7-8,10-11,16-17,19-20,25-27,29-30,33,58-60,64-65H,4-6,9,12-15,18,21-24,28,31-32,34-57H2,1-3H3,(H,69,70)(H,71,72)/b10-7-,11-8-,19-16-,20-17-,27-25-,29-26-,33-30-. The summed E-state index contributed by atoms with van der Waals surface area (Å²) in [5.74, 6) is -1.61. The zero-order valence-corrected chi connectivity index (χ0v) is 52.0. The van der Waals surface area contributed by atoms with Gasteiger partial charge in [0.05, 0.1) is 26.4 Å². The predicted octanol–water partition coefficient (Wildman–Crippen LogP) is 16.2. The summed E-state index contributed by atoms with van der Waals surface area (Å²) >= 11 is 0. The van der Waals surface area contributed by atoms with E-state index in [0.717, 1.165) is 128 Å². The number of phosphoric acid groups is 2. The first kappa shape index (κ1) is 77.7. The number of aliphatic hydroxyl groups excluding tert-OH is 2. The minimum atomic E-state index is -4.92. The van der Waals surface area contributed by atoms with E-state index in [1.807, 2.05) is 0 Å². The van der Waals surface area contributed by atoms with Crippen LogP contribution < -0.4 is 0 Å². The molecule has 0 aromatic carbocycles. The van der Waals surface area contributed by atoms with Crippen LogP contribution in [0.5, 0.6) is 0 Å². The van der Waals surface area contributed by atoms with E-state index >= 15 is 0 Å². The molecule has 0 amide bonds. The Morgan fingerprint density at radius 2 is 0.654 bits per heavy atom. The molecule has 5 unspecified atom stereocenters. The third-order valence-corrected chi connectivity index (χ3v) is 14.5. The van der Waals surface area contributed by atoms with Crippen molar-refractivity contribution >= 4 is 33.6 Å². The third kappa shape index (κ3) is 58.3. The Kier molecular flexibility index (Phi) is 54.9. The number of hydrogen-bond acceptors (Lipinski definition) is 14. The molecule has 0 bridgehead atoms. The van der Waals surface area contributed by atoms with Gasteiger partial charge in [-0.05, 0) is 89.9 Å². The first-order valence-electron chi connectivity index (χ1n) is 30.9. The highest BCUT2D eigenvalue weighted by Gasteiger charge is 2.29. The van der Waals surface area contributed by atoms with Gasteiger partial charge >= 0.3 is 33.6 Å². The van der Waals surface area contributed by atoms with Gasteiger partial charge in [0, 0.05) is 19.3 Å². The van der Waals surface area contributed by atoms with Gasteiger partial charge in [0.15, 0.2) is 6.10 Å². The number of carbonyl (C=O) groups is 3. The summed E-state index contributed by atoms with van der Waals surface area (Å²) in [4.78, 5) is 58.1. The number of unbranched alkanes of at least 4 members (excludes halogenated alkanes) is 21. The maximum Gasteiger partial charge on any atom is 0.472 e. The molecule has 0 saturated heterocycles. The number of rotatable bonds is 58. The van der Waals surface area contributed by atoms with Gasteiger partial charge in [-0.3, -0.25) is 32.5 Å². The first-order valence-corrected chi connectivity index (χ1v) is 33.9. The lowest BCUT2D eigenvalue weighted by atomic mass is 10.0. The molecule has 0 aromatic rings. The van der Waals surface area contributed by atoms with Crippen LogP contribution in [0.25, 0.3) is 0 Å². The van der Waals surface area contributed by atoms with Crippen molar-refractivity contribution in [3.05, 3.63) is 85.1 Å². The second kappa shape index (κ2) is 57.2. The molecule has 18 heteroatoms. The molecule has 0 aliphatic carbocycles. The minimum absolute atomic E-state index is 0.103. The highest BCUT2D eigenvalue weighted by molar-refractivity contribution is 7.47. The summed E-state index contributed by atoms with van der Waals surface area (Å²) in [5.41, 5.74) is 0. The largest absolute Gasteiger partial charge is 0.472 e. The Morgan fingerprint density at radius 1 is 0.358 bits per heavy atom. The van der Waals surface area contributed by atoms with Gasteiger partial charge < -0.3 is 34.2 Å². The molecule has 0 aromatic heterocycles. The Hall–Kier alpha value is -3.27. The maximum atomic E-state index is 12.9. The Balaban J connectivity index is 4.70. The van der Waals surface area contributed by atoms with E-state index in [1.54, 1.807) is 0 Å². The average molecular weight is 1190 g/mol. The Bertz CT molecular complexity index is 1830. The fourth-order valence-corrected chi connectivity index (χ4v) is 9.51. The number of hydrogen-bond donors (Lipinski definition) is 4. The molecular weight excluding hydrogens is 1070 g/mol. The van der Waals surface area contributed by atoms with Crippen LogP contribution >= 0.6 is 15.6 Å². The van der Waals surface area contributed by atoms with E-state index in [1.165, 1.54) is 51.4 Å². The first-order chi connectivity index (χ1) is 39.2. The summed E-state index contributed by atoms with van der Waals surface area (Å²) in [6.07, 6.45) is 57.9. The normalized spacial score (nSPS) is 15.0. The predicted molar refractivity (Wildman–Crippen MR) is 325 cm³/mol. The molecule has 0 fully saturated rings. The minimum Gasteiger partial charge on any atom is -0.463 e. The SMILES string of the molecule is CC/C=C\C/C=C\C/C=C\C/C=C\CCCCCCC(=O)OCC(O)COP(=O)(O)OCC(O)COP(=O)(O)OCC(COC(=O)CCCCCCC/C=C\C/C=C\C/C=C\CC)OC(=O)CCCCCCCCCCCCCCC. The molecule has 0 radical (unpaired) electrons. The van der Waals surface area contributed by atoms with Crippen LogP contribution in [0.15, 0.2) is 85.1 Å². The van der Waals surface area contributed by atoms with E-state index in [0.29, 0.717) is 19.3 Å². The fourth-order valence-electron chi connectivity index (χ4n) is 7.93. The molecule has 81 heavy (non-hydrogen) atoms. The van der Waals surface area contributed by atoms with Gasteiger partial charge in [0.2, 0.25) is 0 Å². The third-order valence-electron chi connectivity index (χ3n) is 12.6. The molecule has 0 rings (SSSR count). The average Bonchev–Trinajstić information content (AvgIpc) is 3.44. The van der Waals surface area contributed by atoms with Crippen LogP contribution in [0.3, 0.4) is 0 Å². The summed E-state index contributed by atoms with van der Waals surface area (Å²) in [7, 11) is -9.77. The molecular formula is C63H110O16P2. The zero-order valence-electron chi connectivity index (χ0n) is 50.2. The van der Waals surface area contributed by atoms with Gasteiger partial charge in [-0.2, -0.15) is 0 Å².